The Morgan fingerprint density at radius 2 is 2.38 bits per heavy atom. The summed E-state index contributed by atoms with van der Waals surface area (Å²) in [7, 11) is 0. The molecule has 2 nitrogen and oxygen atoms in total. The van der Waals surface area contributed by atoms with Gasteiger partial charge in [0.1, 0.15) is 0 Å². The van der Waals surface area contributed by atoms with Crippen LogP contribution < -0.4 is 0 Å². The van der Waals surface area contributed by atoms with Crippen LogP contribution in [-0.2, 0) is 0 Å². The van der Waals surface area contributed by atoms with Gasteiger partial charge in [-0.3, -0.25) is 4.79 Å². The van der Waals surface area contributed by atoms with Crippen LogP contribution in [0.5, 0.6) is 0 Å². The van der Waals surface area contributed by atoms with Gasteiger partial charge in [0.2, 0.25) is 0 Å². The van der Waals surface area contributed by atoms with Gasteiger partial charge in [0.25, 0.3) is 0 Å². The van der Waals surface area contributed by atoms with Gasteiger partial charge >= 0.3 is 0 Å². The van der Waals surface area contributed by atoms with Crippen molar-refractivity contribution in [3.05, 3.63) is 23.8 Å². The number of hydrogen-bond acceptors (Lipinski definition) is 4. The van der Waals surface area contributed by atoms with Gasteiger partial charge in [-0.05, 0) is 12.3 Å². The van der Waals surface area contributed by atoms with Crippen LogP contribution in [0.1, 0.15) is 10.4 Å². The minimum absolute atomic E-state index is 0.732. The summed E-state index contributed by atoms with van der Waals surface area (Å²) >= 11 is 3.17. The molecule has 0 amide bonds. The number of aromatic nitrogens is 1. The standard InChI is InChI=1S/C9H7NOS2/c1-12-9-10-7-4-2-3-6(5-11)8(7)13-9/h2-5H,1H3. The monoisotopic (exact) mass is 209 g/mol. The number of hydrogen-bond donors (Lipinski definition) is 0. The van der Waals surface area contributed by atoms with E-state index in [1.165, 1.54) is 0 Å². The summed E-state index contributed by atoms with van der Waals surface area (Å²) in [6.07, 6.45) is 2.86. The van der Waals surface area contributed by atoms with Crippen molar-refractivity contribution < 1.29 is 4.79 Å². The smallest absolute Gasteiger partial charge is 0.151 e. The summed E-state index contributed by atoms with van der Waals surface area (Å²) in [4.78, 5) is 15.1. The number of carbonyl (C=O) groups is 1. The fraction of sp³-hybridized carbons (Fsp3) is 0.111. The third-order valence-corrected chi connectivity index (χ3v) is 3.83. The Hall–Kier alpha value is -0.870. The zero-order valence-corrected chi connectivity index (χ0v) is 8.61. The van der Waals surface area contributed by atoms with Gasteiger partial charge in [-0.15, -0.1) is 11.3 Å². The van der Waals surface area contributed by atoms with Gasteiger partial charge in [0.05, 0.1) is 10.2 Å². The van der Waals surface area contributed by atoms with Crippen molar-refractivity contribution in [2.75, 3.05) is 6.26 Å². The number of carbonyl (C=O) groups excluding carboxylic acids is 1. The molecule has 0 aliphatic heterocycles. The lowest BCUT2D eigenvalue weighted by Crippen LogP contribution is -1.77. The molecule has 0 spiro atoms. The largest absolute Gasteiger partial charge is 0.298 e. The molecule has 0 bridgehead atoms. The molecule has 0 aliphatic carbocycles. The second-order valence-corrected chi connectivity index (χ2v) is 4.55. The summed E-state index contributed by atoms with van der Waals surface area (Å²) < 4.78 is 1.99. The SMILES string of the molecule is CSc1nc2cccc(C=O)c2s1. The highest BCUT2D eigenvalue weighted by atomic mass is 32.2. The summed E-state index contributed by atoms with van der Waals surface area (Å²) in [5, 5.41) is 0. The van der Waals surface area contributed by atoms with Gasteiger partial charge < -0.3 is 0 Å². The van der Waals surface area contributed by atoms with E-state index in [-0.39, 0.29) is 0 Å². The maximum Gasteiger partial charge on any atom is 0.151 e. The van der Waals surface area contributed by atoms with E-state index >= 15 is 0 Å². The average molecular weight is 209 g/mol. The molecule has 0 saturated carbocycles. The van der Waals surface area contributed by atoms with Crippen molar-refractivity contribution in [1.82, 2.24) is 4.98 Å². The second-order valence-electron chi connectivity index (χ2n) is 2.50. The van der Waals surface area contributed by atoms with Crippen molar-refractivity contribution in [3.8, 4) is 0 Å². The topological polar surface area (TPSA) is 30.0 Å². The molecule has 2 rings (SSSR count). The van der Waals surface area contributed by atoms with E-state index in [0.717, 1.165) is 26.4 Å². The predicted molar refractivity (Wildman–Crippen MR) is 56.8 cm³/mol. The zero-order chi connectivity index (χ0) is 9.26. The van der Waals surface area contributed by atoms with Crippen molar-refractivity contribution in [2.24, 2.45) is 0 Å². The quantitative estimate of drug-likeness (QED) is 0.562. The highest BCUT2D eigenvalue weighted by molar-refractivity contribution is 8.00. The van der Waals surface area contributed by atoms with E-state index in [4.69, 9.17) is 0 Å². The Kier molecular flexibility index (Phi) is 2.33. The van der Waals surface area contributed by atoms with Crippen LogP contribution >= 0.6 is 23.1 Å². The van der Waals surface area contributed by atoms with Crippen LogP contribution in [0.25, 0.3) is 10.2 Å². The number of thioether (sulfide) groups is 1. The third kappa shape index (κ3) is 1.47. The normalized spacial score (nSPS) is 10.5. The average Bonchev–Trinajstić information content (AvgIpc) is 2.59. The summed E-state index contributed by atoms with van der Waals surface area (Å²) in [5.41, 5.74) is 1.65. The van der Waals surface area contributed by atoms with Gasteiger partial charge in [-0.2, -0.15) is 0 Å². The number of benzene rings is 1. The second kappa shape index (κ2) is 3.47. The van der Waals surface area contributed by atoms with E-state index in [1.807, 2.05) is 24.5 Å². The molecule has 0 N–H and O–H groups in total. The molecule has 0 saturated heterocycles. The fourth-order valence-electron chi connectivity index (χ4n) is 1.13. The molecule has 0 aliphatic rings. The van der Waals surface area contributed by atoms with Gasteiger partial charge in [0, 0.05) is 5.56 Å². The first-order valence-electron chi connectivity index (χ1n) is 3.74. The number of rotatable bonds is 2. The lowest BCUT2D eigenvalue weighted by Gasteiger charge is -1.89. The number of fused-ring (bicyclic) bond motifs is 1. The molecular weight excluding hydrogens is 202 g/mol. The highest BCUT2D eigenvalue weighted by Gasteiger charge is 2.05. The van der Waals surface area contributed by atoms with Crippen molar-refractivity contribution in [1.29, 1.82) is 0 Å². The van der Waals surface area contributed by atoms with Crippen molar-refractivity contribution >= 4 is 39.6 Å². The molecule has 1 aromatic heterocycles. The first-order chi connectivity index (χ1) is 6.35. The van der Waals surface area contributed by atoms with E-state index in [1.54, 1.807) is 23.1 Å². The maximum absolute atomic E-state index is 10.7. The van der Waals surface area contributed by atoms with Crippen molar-refractivity contribution in [2.45, 2.75) is 4.34 Å². The van der Waals surface area contributed by atoms with Gasteiger partial charge in [-0.1, -0.05) is 23.9 Å². The van der Waals surface area contributed by atoms with E-state index in [9.17, 15) is 4.79 Å². The molecule has 0 atom stereocenters. The van der Waals surface area contributed by atoms with Crippen LogP contribution in [0.3, 0.4) is 0 Å². The van der Waals surface area contributed by atoms with E-state index < -0.39 is 0 Å². The molecule has 2 aromatic rings. The third-order valence-electron chi connectivity index (χ3n) is 1.73. The molecule has 0 radical (unpaired) electrons. The van der Waals surface area contributed by atoms with E-state index in [2.05, 4.69) is 4.98 Å². The molecule has 13 heavy (non-hydrogen) atoms. The summed E-state index contributed by atoms with van der Waals surface area (Å²) in [6.45, 7) is 0. The molecular formula is C9H7NOS2. The maximum atomic E-state index is 10.7. The van der Waals surface area contributed by atoms with Gasteiger partial charge in [-0.25, -0.2) is 4.98 Å². The Morgan fingerprint density at radius 3 is 3.08 bits per heavy atom. The van der Waals surface area contributed by atoms with Crippen LogP contribution in [0, 0.1) is 0 Å². The minimum Gasteiger partial charge on any atom is -0.298 e. The highest BCUT2D eigenvalue weighted by Crippen LogP contribution is 2.29. The Labute approximate surface area is 84.0 Å². The van der Waals surface area contributed by atoms with Crippen LogP contribution in [0.4, 0.5) is 0 Å². The molecule has 4 heteroatoms. The lowest BCUT2D eigenvalue weighted by molar-refractivity contribution is 0.112. The number of nitrogens with zero attached hydrogens (tertiary/aromatic N) is 1. The first-order valence-corrected chi connectivity index (χ1v) is 5.78. The molecule has 0 fully saturated rings. The fourth-order valence-corrected chi connectivity index (χ4v) is 2.67. The summed E-state index contributed by atoms with van der Waals surface area (Å²) in [5.74, 6) is 0. The first kappa shape index (κ1) is 8.72. The Bertz CT molecular complexity index is 450. The summed E-state index contributed by atoms with van der Waals surface area (Å²) in [6, 6.07) is 5.60. The lowest BCUT2D eigenvalue weighted by atomic mass is 10.2. The van der Waals surface area contributed by atoms with Crippen LogP contribution in [0.2, 0.25) is 0 Å². The van der Waals surface area contributed by atoms with E-state index in [0.29, 0.717) is 0 Å². The van der Waals surface area contributed by atoms with Crippen LogP contribution in [0.15, 0.2) is 22.5 Å². The predicted octanol–water partition coefficient (Wildman–Crippen LogP) is 2.83. The molecule has 66 valence electrons. The zero-order valence-electron chi connectivity index (χ0n) is 6.98. The molecule has 0 unspecified atom stereocenters. The van der Waals surface area contributed by atoms with Crippen molar-refractivity contribution in [3.63, 3.8) is 0 Å². The Morgan fingerprint density at radius 1 is 1.54 bits per heavy atom. The molecule has 1 heterocycles. The number of thiazole rings is 1. The van der Waals surface area contributed by atoms with Gasteiger partial charge in [0.15, 0.2) is 10.6 Å². The Balaban J connectivity index is 2.74. The minimum atomic E-state index is 0.732. The van der Waals surface area contributed by atoms with Crippen LogP contribution in [-0.4, -0.2) is 17.5 Å². The number of aldehydes is 1. The molecule has 1 aromatic carbocycles.